The number of benzene rings is 2. The molecule has 3 nitrogen and oxygen atoms in total. The topological polar surface area (TPSA) is 37.8 Å². The number of hydrogen-bond donors (Lipinski definition) is 1. The first-order chi connectivity index (χ1) is 11.8. The zero-order valence-electron chi connectivity index (χ0n) is 13.4. The third-order valence-electron chi connectivity index (χ3n) is 3.89. The van der Waals surface area contributed by atoms with E-state index in [2.05, 4.69) is 52.1 Å². The highest BCUT2D eigenvalue weighted by atomic mass is 32.1. The van der Waals surface area contributed by atoms with E-state index in [4.69, 9.17) is 4.98 Å². The second kappa shape index (κ2) is 6.42. The fourth-order valence-electron chi connectivity index (χ4n) is 2.72. The number of nitrogens with zero attached hydrogens (tertiary/aromatic N) is 2. The van der Waals surface area contributed by atoms with Crippen LogP contribution in [0.1, 0.15) is 11.3 Å². The molecule has 0 aliphatic heterocycles. The molecule has 2 aromatic heterocycles. The van der Waals surface area contributed by atoms with E-state index in [0.29, 0.717) is 0 Å². The van der Waals surface area contributed by atoms with Crippen LogP contribution in [0.15, 0.2) is 66.0 Å². The number of thiophene rings is 1. The van der Waals surface area contributed by atoms with Crippen LogP contribution in [0.5, 0.6) is 0 Å². The number of nitrogens with one attached hydrogen (secondary N) is 1. The molecule has 0 fully saturated rings. The average Bonchev–Trinajstić information content (AvgIpc) is 3.05. The maximum absolute atomic E-state index is 4.73. The minimum absolute atomic E-state index is 0.751. The Labute approximate surface area is 145 Å². The van der Waals surface area contributed by atoms with Gasteiger partial charge in [0, 0.05) is 39.3 Å². The number of hydrogen-bond acceptors (Lipinski definition) is 4. The Balaban J connectivity index is 1.66. The van der Waals surface area contributed by atoms with E-state index >= 15 is 0 Å². The Hall–Kier alpha value is -2.72. The average molecular weight is 331 g/mol. The second-order valence-electron chi connectivity index (χ2n) is 5.70. The molecular formula is C20H17N3S. The van der Waals surface area contributed by atoms with Gasteiger partial charge in [-0.05, 0) is 18.6 Å². The molecule has 0 spiro atoms. The summed E-state index contributed by atoms with van der Waals surface area (Å²) in [4.78, 5) is 9.36. The first-order valence-corrected chi connectivity index (χ1v) is 8.78. The molecule has 4 aromatic rings. The van der Waals surface area contributed by atoms with Gasteiger partial charge in [0.15, 0.2) is 5.82 Å². The quantitative estimate of drug-likeness (QED) is 0.553. The van der Waals surface area contributed by atoms with Gasteiger partial charge >= 0.3 is 0 Å². The lowest BCUT2D eigenvalue weighted by atomic mass is 10.1. The van der Waals surface area contributed by atoms with Crippen LogP contribution >= 0.6 is 11.3 Å². The van der Waals surface area contributed by atoms with Crippen LogP contribution in [0.3, 0.4) is 0 Å². The molecule has 24 heavy (non-hydrogen) atoms. The van der Waals surface area contributed by atoms with Crippen LogP contribution < -0.4 is 5.32 Å². The van der Waals surface area contributed by atoms with E-state index in [9.17, 15) is 0 Å². The van der Waals surface area contributed by atoms with E-state index in [1.165, 1.54) is 15.6 Å². The Kier molecular flexibility index (Phi) is 3.97. The van der Waals surface area contributed by atoms with Crippen molar-refractivity contribution in [2.24, 2.45) is 0 Å². The van der Waals surface area contributed by atoms with Gasteiger partial charge in [0.25, 0.3) is 0 Å². The predicted molar refractivity (Wildman–Crippen MR) is 101 cm³/mol. The lowest BCUT2D eigenvalue weighted by Crippen LogP contribution is -2.03. The number of aromatic nitrogens is 2. The maximum Gasteiger partial charge on any atom is 0.163 e. The monoisotopic (exact) mass is 331 g/mol. The molecule has 0 aliphatic carbocycles. The van der Waals surface area contributed by atoms with Gasteiger partial charge in [-0.1, -0.05) is 48.5 Å². The van der Waals surface area contributed by atoms with Crippen molar-refractivity contribution in [3.63, 3.8) is 0 Å². The first-order valence-electron chi connectivity index (χ1n) is 7.90. The van der Waals surface area contributed by atoms with E-state index < -0.39 is 0 Å². The van der Waals surface area contributed by atoms with Crippen molar-refractivity contribution >= 4 is 27.2 Å². The smallest absolute Gasteiger partial charge is 0.163 e. The van der Waals surface area contributed by atoms with Crippen molar-refractivity contribution < 1.29 is 0 Å². The van der Waals surface area contributed by atoms with Crippen molar-refractivity contribution in [2.45, 2.75) is 13.5 Å². The van der Waals surface area contributed by atoms with Gasteiger partial charge in [-0.3, -0.25) is 0 Å². The van der Waals surface area contributed by atoms with E-state index in [1.54, 1.807) is 11.3 Å². The van der Waals surface area contributed by atoms with Crippen LogP contribution in [0, 0.1) is 6.92 Å². The summed E-state index contributed by atoms with van der Waals surface area (Å²) in [6, 6.07) is 20.7. The minimum atomic E-state index is 0.751. The molecule has 4 heteroatoms. The van der Waals surface area contributed by atoms with E-state index in [0.717, 1.165) is 29.4 Å². The largest absolute Gasteiger partial charge is 0.366 e. The molecule has 2 aromatic carbocycles. The van der Waals surface area contributed by atoms with Crippen molar-refractivity contribution in [1.29, 1.82) is 0 Å². The predicted octanol–water partition coefficient (Wildman–Crippen LogP) is 5.28. The Bertz CT molecular complexity index is 977. The molecule has 0 bridgehead atoms. The summed E-state index contributed by atoms with van der Waals surface area (Å²) < 4.78 is 1.26. The Morgan fingerprint density at radius 3 is 2.62 bits per heavy atom. The molecule has 0 aliphatic rings. The van der Waals surface area contributed by atoms with Gasteiger partial charge in [0.2, 0.25) is 0 Å². The molecule has 0 radical (unpaired) electrons. The lowest BCUT2D eigenvalue weighted by molar-refractivity contribution is 1.06. The van der Waals surface area contributed by atoms with Gasteiger partial charge in [-0.15, -0.1) is 11.3 Å². The molecule has 0 amide bonds. The van der Waals surface area contributed by atoms with Gasteiger partial charge in [-0.25, -0.2) is 9.97 Å². The molecule has 4 rings (SSSR count). The molecular weight excluding hydrogens is 314 g/mol. The highest BCUT2D eigenvalue weighted by molar-refractivity contribution is 7.17. The van der Waals surface area contributed by atoms with E-state index in [-0.39, 0.29) is 0 Å². The number of aryl methyl sites for hydroxylation is 1. The van der Waals surface area contributed by atoms with Gasteiger partial charge < -0.3 is 5.32 Å². The van der Waals surface area contributed by atoms with Gasteiger partial charge in [0.05, 0.1) is 0 Å². The molecule has 118 valence electrons. The summed E-state index contributed by atoms with van der Waals surface area (Å²) in [6.07, 6.45) is 0. The number of rotatable bonds is 4. The Morgan fingerprint density at radius 1 is 0.958 bits per heavy atom. The summed E-state index contributed by atoms with van der Waals surface area (Å²) in [5, 5.41) is 6.75. The molecule has 0 unspecified atom stereocenters. The van der Waals surface area contributed by atoms with Crippen LogP contribution in [-0.2, 0) is 6.54 Å². The van der Waals surface area contributed by atoms with Crippen LogP contribution in [-0.4, -0.2) is 9.97 Å². The van der Waals surface area contributed by atoms with Crippen molar-refractivity contribution in [3.8, 4) is 11.4 Å². The lowest BCUT2D eigenvalue weighted by Gasteiger charge is -2.08. The minimum Gasteiger partial charge on any atom is -0.366 e. The maximum atomic E-state index is 4.73. The summed E-state index contributed by atoms with van der Waals surface area (Å²) in [5.41, 5.74) is 3.30. The van der Waals surface area contributed by atoms with Gasteiger partial charge in [0.1, 0.15) is 5.82 Å². The molecule has 0 saturated carbocycles. The second-order valence-corrected chi connectivity index (χ2v) is 6.61. The first kappa shape index (κ1) is 14.8. The summed E-state index contributed by atoms with van der Waals surface area (Å²) in [5.74, 6) is 1.64. The summed E-state index contributed by atoms with van der Waals surface area (Å²) in [6.45, 7) is 2.76. The van der Waals surface area contributed by atoms with Crippen LogP contribution in [0.2, 0.25) is 0 Å². The van der Waals surface area contributed by atoms with Crippen molar-refractivity contribution in [1.82, 2.24) is 9.97 Å². The van der Waals surface area contributed by atoms with Crippen LogP contribution in [0.4, 0.5) is 5.82 Å². The zero-order chi connectivity index (χ0) is 16.4. The summed E-state index contributed by atoms with van der Waals surface area (Å²) in [7, 11) is 0. The SMILES string of the molecule is Cc1cc(NCc2ccccc2)nc(-c2csc3ccccc23)n1. The van der Waals surface area contributed by atoms with Crippen molar-refractivity contribution in [3.05, 3.63) is 77.3 Å². The molecule has 0 saturated heterocycles. The van der Waals surface area contributed by atoms with E-state index in [1.807, 2.05) is 31.2 Å². The van der Waals surface area contributed by atoms with Gasteiger partial charge in [-0.2, -0.15) is 0 Å². The highest BCUT2D eigenvalue weighted by Gasteiger charge is 2.10. The third kappa shape index (κ3) is 3.01. The number of anilines is 1. The normalized spacial score (nSPS) is 10.9. The number of fused-ring (bicyclic) bond motifs is 1. The molecule has 2 heterocycles. The molecule has 0 atom stereocenters. The van der Waals surface area contributed by atoms with Crippen LogP contribution in [0.25, 0.3) is 21.5 Å². The fourth-order valence-corrected chi connectivity index (χ4v) is 3.66. The fraction of sp³-hybridized carbons (Fsp3) is 0.100. The molecule has 1 N–H and O–H groups in total. The standard InChI is InChI=1S/C20H17N3S/c1-14-11-19(21-12-15-7-3-2-4-8-15)23-20(22-14)17-13-24-18-10-6-5-9-16(17)18/h2-11,13H,12H2,1H3,(H,21,22,23). The third-order valence-corrected chi connectivity index (χ3v) is 4.86. The Morgan fingerprint density at radius 2 is 1.75 bits per heavy atom. The van der Waals surface area contributed by atoms with Crippen molar-refractivity contribution in [2.75, 3.05) is 5.32 Å². The zero-order valence-corrected chi connectivity index (χ0v) is 14.2. The highest BCUT2D eigenvalue weighted by Crippen LogP contribution is 2.32. The summed E-state index contributed by atoms with van der Waals surface area (Å²) >= 11 is 1.73.